The van der Waals surface area contributed by atoms with E-state index in [0.717, 1.165) is 0 Å². The quantitative estimate of drug-likeness (QED) is 0.753. The molecule has 0 bridgehead atoms. The van der Waals surface area contributed by atoms with E-state index < -0.39 is 15.8 Å². The highest BCUT2D eigenvalue weighted by molar-refractivity contribution is 7.99. The highest BCUT2D eigenvalue weighted by Gasteiger charge is 2.24. The molecule has 2 atom stereocenters. The second-order valence-electron chi connectivity index (χ2n) is 4.85. The predicted octanol–water partition coefficient (Wildman–Crippen LogP) is 2.26. The zero-order chi connectivity index (χ0) is 15.7. The van der Waals surface area contributed by atoms with Crippen molar-refractivity contribution in [2.45, 2.75) is 17.9 Å². The number of benzene rings is 2. The summed E-state index contributed by atoms with van der Waals surface area (Å²) in [5.74, 6) is 0.179. The Hall–Kier alpha value is -2.40. The standard InChI is InChI=1S/C16H14N2O3S/c1-12(20)16-17-14-9-5-6-10-15(14)18(16)22(21,11-19)13-7-3-2-4-8-13/h2-10,12,20H,1H3. The van der Waals surface area contributed by atoms with E-state index in [4.69, 9.17) is 0 Å². The molecule has 6 heteroatoms. The molecule has 1 N–H and O–H groups in total. The van der Waals surface area contributed by atoms with Crippen LogP contribution >= 0.6 is 0 Å². The summed E-state index contributed by atoms with van der Waals surface area (Å²) in [7, 11) is -3.35. The van der Waals surface area contributed by atoms with Crippen LogP contribution in [0.4, 0.5) is 0 Å². The second kappa shape index (κ2) is 5.42. The molecule has 0 fully saturated rings. The molecule has 0 aliphatic carbocycles. The first-order valence-corrected chi connectivity index (χ1v) is 8.23. The third kappa shape index (κ3) is 2.14. The topological polar surface area (TPSA) is 72.2 Å². The van der Waals surface area contributed by atoms with Crippen LogP contribution in [0.25, 0.3) is 11.0 Å². The Morgan fingerprint density at radius 1 is 1.14 bits per heavy atom. The van der Waals surface area contributed by atoms with Gasteiger partial charge >= 0.3 is 0 Å². The third-order valence-electron chi connectivity index (χ3n) is 3.35. The molecule has 2 unspecified atom stereocenters. The van der Waals surface area contributed by atoms with Crippen molar-refractivity contribution >= 4 is 26.0 Å². The van der Waals surface area contributed by atoms with Crippen LogP contribution in [0.2, 0.25) is 0 Å². The van der Waals surface area contributed by atoms with Gasteiger partial charge in [0.25, 0.3) is 0 Å². The van der Waals surface area contributed by atoms with Gasteiger partial charge in [-0.15, -0.1) is 0 Å². The lowest BCUT2D eigenvalue weighted by atomic mass is 10.3. The van der Waals surface area contributed by atoms with Crippen molar-refractivity contribution in [3.8, 4) is 0 Å². The smallest absolute Gasteiger partial charge is 0.211 e. The SMILES string of the molecule is CC(O)c1nc2ccccc2n1S(=O)(=C=O)c1ccccc1. The van der Waals surface area contributed by atoms with Gasteiger partial charge in [0.1, 0.15) is 6.10 Å². The van der Waals surface area contributed by atoms with Crippen LogP contribution in [0.1, 0.15) is 18.9 Å². The van der Waals surface area contributed by atoms with Gasteiger partial charge in [-0.25, -0.2) is 18.0 Å². The molecule has 1 aromatic heterocycles. The maximum Gasteiger partial charge on any atom is 0.211 e. The van der Waals surface area contributed by atoms with E-state index in [1.165, 1.54) is 10.9 Å². The summed E-state index contributed by atoms with van der Waals surface area (Å²) in [6.07, 6.45) is -0.967. The van der Waals surface area contributed by atoms with Gasteiger partial charge in [0, 0.05) is 0 Å². The van der Waals surface area contributed by atoms with E-state index in [1.54, 1.807) is 59.8 Å². The number of imidazole rings is 1. The van der Waals surface area contributed by atoms with Crippen molar-refractivity contribution in [3.05, 3.63) is 60.4 Å². The number of carbonyl (C=O) groups excluding carboxylic acids is 1. The van der Waals surface area contributed by atoms with Crippen LogP contribution in [0.3, 0.4) is 0 Å². The minimum absolute atomic E-state index is 0.179. The summed E-state index contributed by atoms with van der Waals surface area (Å²) in [5, 5.41) is 11.6. The molecule has 5 nitrogen and oxygen atoms in total. The molecule has 0 aliphatic heterocycles. The van der Waals surface area contributed by atoms with Crippen LogP contribution < -0.4 is 0 Å². The molecule has 0 saturated carbocycles. The van der Waals surface area contributed by atoms with Crippen molar-refractivity contribution in [1.29, 1.82) is 0 Å². The number of hydrogen-bond acceptors (Lipinski definition) is 4. The van der Waals surface area contributed by atoms with Gasteiger partial charge < -0.3 is 5.11 Å². The fraction of sp³-hybridized carbons (Fsp3) is 0.125. The highest BCUT2D eigenvalue weighted by atomic mass is 32.2. The van der Waals surface area contributed by atoms with Crippen LogP contribution in [-0.2, 0) is 14.5 Å². The molecule has 22 heavy (non-hydrogen) atoms. The van der Waals surface area contributed by atoms with E-state index >= 15 is 0 Å². The lowest BCUT2D eigenvalue weighted by Gasteiger charge is -2.14. The van der Waals surface area contributed by atoms with E-state index in [-0.39, 0.29) is 5.82 Å². The van der Waals surface area contributed by atoms with E-state index in [1.807, 2.05) is 0 Å². The molecule has 0 radical (unpaired) electrons. The van der Waals surface area contributed by atoms with Gasteiger partial charge in [0.05, 0.1) is 15.9 Å². The van der Waals surface area contributed by atoms with Crippen molar-refractivity contribution in [2.75, 3.05) is 0 Å². The van der Waals surface area contributed by atoms with E-state index in [2.05, 4.69) is 4.98 Å². The van der Waals surface area contributed by atoms with E-state index in [9.17, 15) is 14.1 Å². The van der Waals surface area contributed by atoms with Crippen molar-refractivity contribution < 1.29 is 14.1 Å². The Kier molecular flexibility index (Phi) is 3.58. The van der Waals surface area contributed by atoms with Crippen LogP contribution in [0.5, 0.6) is 0 Å². The van der Waals surface area contributed by atoms with Crippen molar-refractivity contribution in [2.24, 2.45) is 0 Å². The molecule has 0 saturated heterocycles. The van der Waals surface area contributed by atoms with Gasteiger partial charge in [-0.3, -0.25) is 0 Å². The predicted molar refractivity (Wildman–Crippen MR) is 84.3 cm³/mol. The number of aliphatic hydroxyl groups excluding tert-OH is 1. The summed E-state index contributed by atoms with van der Waals surface area (Å²) in [6, 6.07) is 15.4. The Bertz CT molecular complexity index is 963. The molecular formula is C16H14N2O3S. The van der Waals surface area contributed by atoms with Gasteiger partial charge in [0.15, 0.2) is 15.5 Å². The van der Waals surface area contributed by atoms with Crippen LogP contribution in [0.15, 0.2) is 59.5 Å². The summed E-state index contributed by atoms with van der Waals surface area (Å²) in [5.41, 5.74) is 1.09. The number of hydrogen-bond donors (Lipinski definition) is 1. The highest BCUT2D eigenvalue weighted by Crippen LogP contribution is 2.26. The Labute approximate surface area is 128 Å². The Morgan fingerprint density at radius 2 is 1.77 bits per heavy atom. The number of aromatic nitrogens is 2. The lowest BCUT2D eigenvalue weighted by Crippen LogP contribution is -2.18. The number of nitrogens with zero attached hydrogens (tertiary/aromatic N) is 2. The van der Waals surface area contributed by atoms with Crippen LogP contribution in [-0.4, -0.2) is 23.5 Å². The number of rotatable bonds is 3. The zero-order valence-electron chi connectivity index (χ0n) is 11.8. The monoisotopic (exact) mass is 314 g/mol. The molecule has 112 valence electrons. The average molecular weight is 314 g/mol. The van der Waals surface area contributed by atoms with Crippen molar-refractivity contribution in [1.82, 2.24) is 8.96 Å². The number of para-hydroxylation sites is 2. The fourth-order valence-corrected chi connectivity index (χ4v) is 4.15. The average Bonchev–Trinajstić information content (AvgIpc) is 2.95. The fourth-order valence-electron chi connectivity index (χ4n) is 2.35. The maximum absolute atomic E-state index is 13.3. The lowest BCUT2D eigenvalue weighted by molar-refractivity contribution is 0.189. The summed E-state index contributed by atoms with van der Waals surface area (Å²) >= 11 is 0. The first-order chi connectivity index (χ1) is 10.6. The van der Waals surface area contributed by atoms with Crippen LogP contribution in [0, 0.1) is 0 Å². The first kappa shape index (κ1) is 14.5. The molecule has 0 spiro atoms. The Balaban J connectivity index is 2.45. The summed E-state index contributed by atoms with van der Waals surface area (Å²) < 4.78 is 14.6. The summed E-state index contributed by atoms with van der Waals surface area (Å²) in [4.78, 5) is 16.2. The normalized spacial score (nSPS) is 15.2. The molecular weight excluding hydrogens is 300 g/mol. The molecule has 3 aromatic rings. The van der Waals surface area contributed by atoms with Gasteiger partial charge in [-0.05, 0) is 31.2 Å². The minimum Gasteiger partial charge on any atom is -0.385 e. The molecule has 0 aliphatic rings. The van der Waals surface area contributed by atoms with Gasteiger partial charge in [-0.2, -0.15) is 0 Å². The minimum atomic E-state index is -3.35. The van der Waals surface area contributed by atoms with Crippen molar-refractivity contribution in [3.63, 3.8) is 0 Å². The number of fused-ring (bicyclic) bond motifs is 1. The molecule has 3 rings (SSSR count). The number of aliphatic hydroxyl groups is 1. The van der Waals surface area contributed by atoms with Gasteiger partial charge in [0.2, 0.25) is 5.23 Å². The summed E-state index contributed by atoms with van der Waals surface area (Å²) in [6.45, 7) is 1.52. The third-order valence-corrected chi connectivity index (χ3v) is 5.39. The molecule has 1 heterocycles. The second-order valence-corrected chi connectivity index (χ2v) is 6.91. The first-order valence-electron chi connectivity index (χ1n) is 6.72. The van der Waals surface area contributed by atoms with Gasteiger partial charge in [-0.1, -0.05) is 30.3 Å². The molecule has 2 aromatic carbocycles. The Morgan fingerprint density at radius 3 is 2.41 bits per heavy atom. The largest absolute Gasteiger partial charge is 0.385 e. The zero-order valence-corrected chi connectivity index (χ0v) is 12.7. The maximum atomic E-state index is 13.3. The van der Waals surface area contributed by atoms with E-state index in [0.29, 0.717) is 15.9 Å². The molecule has 0 amide bonds.